The first kappa shape index (κ1) is 26.2. The van der Waals surface area contributed by atoms with Gasteiger partial charge in [-0.1, -0.05) is 5.16 Å². The van der Waals surface area contributed by atoms with E-state index in [1.165, 1.54) is 37.5 Å². The molecule has 2 N–H and O–H groups in total. The summed E-state index contributed by atoms with van der Waals surface area (Å²) in [6.45, 7) is -2.08. The maximum Gasteiger partial charge on any atom is 0.411 e. The molecule has 0 aliphatic carbocycles. The predicted octanol–water partition coefficient (Wildman–Crippen LogP) is 4.44. The second-order valence-electron chi connectivity index (χ2n) is 8.06. The lowest BCUT2D eigenvalue weighted by Crippen LogP contribution is -2.46. The van der Waals surface area contributed by atoms with Crippen molar-refractivity contribution in [1.82, 2.24) is 15.1 Å². The van der Waals surface area contributed by atoms with Crippen molar-refractivity contribution in [3.8, 4) is 28.6 Å². The number of aromatic nitrogens is 3. The van der Waals surface area contributed by atoms with Crippen molar-refractivity contribution >= 4 is 6.02 Å². The number of aliphatic imine (C=N–C) groups is 1. The fourth-order valence-electron chi connectivity index (χ4n) is 3.64. The highest BCUT2D eigenvalue weighted by Crippen LogP contribution is 2.41. The summed E-state index contributed by atoms with van der Waals surface area (Å²) in [5.41, 5.74) is 4.03. The minimum atomic E-state index is -4.69. The molecule has 0 amide bonds. The zero-order valence-corrected chi connectivity index (χ0v) is 19.0. The van der Waals surface area contributed by atoms with Gasteiger partial charge in [0.05, 0.1) is 19.0 Å². The average Bonchev–Trinajstić information content (AvgIpc) is 3.31. The minimum absolute atomic E-state index is 0.132. The molecule has 0 saturated carbocycles. The Bertz CT molecular complexity index is 1270. The SMILES string of the molecule is C[C@@]1(c2cc(-c3cc(-c4ncc(OCCOC(F)F)cn4)no3)ccc2F)C[C@@H](C(F)(F)F)N=C(N)O1. The molecule has 2 aromatic heterocycles. The van der Waals surface area contributed by atoms with Crippen LogP contribution in [-0.2, 0) is 15.1 Å². The number of rotatable bonds is 8. The zero-order chi connectivity index (χ0) is 26.8. The molecule has 2 atom stereocenters. The highest BCUT2D eigenvalue weighted by Gasteiger charge is 2.49. The molecular weight excluding hydrogens is 512 g/mol. The van der Waals surface area contributed by atoms with Gasteiger partial charge in [-0.15, -0.1) is 0 Å². The van der Waals surface area contributed by atoms with Gasteiger partial charge in [0.1, 0.15) is 18.0 Å². The Hall–Kier alpha value is -3.88. The number of alkyl halides is 5. The fraction of sp³-hybridized carbons (Fsp3) is 0.364. The van der Waals surface area contributed by atoms with Crippen molar-refractivity contribution in [2.45, 2.75) is 37.8 Å². The van der Waals surface area contributed by atoms with Crippen LogP contribution in [0.4, 0.5) is 26.3 Å². The standard InChI is InChI=1S/C22H19F6N5O4/c1-21(8-17(22(26,27)28)32-20(29)36-21)13-6-11(2-3-14(13)23)16-7-15(33-37-16)18-30-9-12(10-31-18)34-4-5-35-19(24)25/h2-3,6-7,9-10,17,19H,4-5,8H2,1H3,(H2,29,32)/t17-,21-/m0/s1. The molecule has 0 radical (unpaired) electrons. The number of amidine groups is 1. The molecule has 0 unspecified atom stereocenters. The topological polar surface area (TPSA) is 118 Å². The quantitative estimate of drug-likeness (QED) is 0.335. The van der Waals surface area contributed by atoms with Crippen LogP contribution in [0.15, 0.2) is 46.2 Å². The number of benzene rings is 1. The summed E-state index contributed by atoms with van der Waals surface area (Å²) >= 11 is 0. The van der Waals surface area contributed by atoms with Crippen molar-refractivity contribution in [2.24, 2.45) is 10.7 Å². The normalized spacial score (nSPS) is 20.0. The molecule has 0 saturated heterocycles. The van der Waals surface area contributed by atoms with Gasteiger partial charge < -0.3 is 24.5 Å². The van der Waals surface area contributed by atoms with Gasteiger partial charge in [-0.3, -0.25) is 0 Å². The Balaban J connectivity index is 1.53. The van der Waals surface area contributed by atoms with Gasteiger partial charge in [-0.05, 0) is 25.1 Å². The number of nitrogens with two attached hydrogens (primary N) is 1. The lowest BCUT2D eigenvalue weighted by molar-refractivity contribution is -0.164. The van der Waals surface area contributed by atoms with Crippen LogP contribution in [0.3, 0.4) is 0 Å². The van der Waals surface area contributed by atoms with Gasteiger partial charge in [0.2, 0.25) is 0 Å². The number of halogens is 6. The zero-order valence-electron chi connectivity index (χ0n) is 19.0. The second kappa shape index (κ2) is 10.2. The van der Waals surface area contributed by atoms with E-state index in [0.29, 0.717) is 5.56 Å². The predicted molar refractivity (Wildman–Crippen MR) is 115 cm³/mol. The van der Waals surface area contributed by atoms with Crippen LogP contribution in [0, 0.1) is 5.82 Å². The molecule has 0 fully saturated rings. The van der Waals surface area contributed by atoms with Gasteiger partial charge in [-0.25, -0.2) is 19.4 Å². The maximum atomic E-state index is 14.8. The third kappa shape index (κ3) is 6.10. The highest BCUT2D eigenvalue weighted by atomic mass is 19.4. The minimum Gasteiger partial charge on any atom is -0.488 e. The summed E-state index contributed by atoms with van der Waals surface area (Å²) in [5.74, 6) is -0.320. The van der Waals surface area contributed by atoms with Crippen LogP contribution in [0.25, 0.3) is 22.8 Å². The van der Waals surface area contributed by atoms with Crippen molar-refractivity contribution in [3.05, 3.63) is 48.0 Å². The van der Waals surface area contributed by atoms with E-state index >= 15 is 0 Å². The molecular formula is C22H19F6N5O4. The molecule has 9 nitrogen and oxygen atoms in total. The lowest BCUT2D eigenvalue weighted by atomic mass is 9.86. The van der Waals surface area contributed by atoms with Crippen LogP contribution in [0.5, 0.6) is 5.75 Å². The van der Waals surface area contributed by atoms with E-state index < -0.39 is 42.7 Å². The van der Waals surface area contributed by atoms with E-state index in [1.807, 2.05) is 0 Å². The summed E-state index contributed by atoms with van der Waals surface area (Å²) in [6, 6.07) is 2.29. The van der Waals surface area contributed by atoms with E-state index in [4.69, 9.17) is 19.7 Å². The van der Waals surface area contributed by atoms with Gasteiger partial charge in [-0.2, -0.15) is 22.0 Å². The Kier molecular flexibility index (Phi) is 7.25. The van der Waals surface area contributed by atoms with Crippen molar-refractivity contribution in [3.63, 3.8) is 0 Å². The lowest BCUT2D eigenvalue weighted by Gasteiger charge is -2.37. The molecule has 37 heavy (non-hydrogen) atoms. The molecule has 0 bridgehead atoms. The molecule has 15 heteroatoms. The number of hydrogen-bond donors (Lipinski definition) is 1. The maximum absolute atomic E-state index is 14.8. The molecule has 1 aromatic carbocycles. The van der Waals surface area contributed by atoms with Gasteiger partial charge in [0, 0.05) is 23.6 Å². The molecule has 4 rings (SSSR count). The Morgan fingerprint density at radius 2 is 1.89 bits per heavy atom. The van der Waals surface area contributed by atoms with Crippen LogP contribution in [-0.4, -0.2) is 53.2 Å². The Labute approximate surface area is 205 Å². The number of ether oxygens (including phenoxy) is 3. The molecule has 3 heterocycles. The third-order valence-electron chi connectivity index (χ3n) is 5.36. The summed E-state index contributed by atoms with van der Waals surface area (Å²) in [7, 11) is 0. The first-order valence-electron chi connectivity index (χ1n) is 10.7. The smallest absolute Gasteiger partial charge is 0.411 e. The summed E-state index contributed by atoms with van der Waals surface area (Å²) in [6.07, 6.45) is -2.79. The third-order valence-corrected chi connectivity index (χ3v) is 5.36. The van der Waals surface area contributed by atoms with Crippen LogP contribution in [0.2, 0.25) is 0 Å². The largest absolute Gasteiger partial charge is 0.488 e. The summed E-state index contributed by atoms with van der Waals surface area (Å²) < 4.78 is 98.6. The number of nitrogens with zero attached hydrogens (tertiary/aromatic N) is 4. The average molecular weight is 531 g/mol. The van der Waals surface area contributed by atoms with E-state index in [-0.39, 0.29) is 41.8 Å². The molecule has 3 aromatic rings. The van der Waals surface area contributed by atoms with Crippen LogP contribution < -0.4 is 10.5 Å². The van der Waals surface area contributed by atoms with E-state index in [9.17, 15) is 26.3 Å². The van der Waals surface area contributed by atoms with E-state index in [2.05, 4.69) is 24.9 Å². The van der Waals surface area contributed by atoms with Crippen LogP contribution in [0.1, 0.15) is 18.9 Å². The molecule has 1 aliphatic rings. The Morgan fingerprint density at radius 1 is 1.16 bits per heavy atom. The van der Waals surface area contributed by atoms with Gasteiger partial charge in [0.15, 0.2) is 29.1 Å². The summed E-state index contributed by atoms with van der Waals surface area (Å²) in [4.78, 5) is 11.4. The van der Waals surface area contributed by atoms with E-state index in [1.54, 1.807) is 0 Å². The van der Waals surface area contributed by atoms with Gasteiger partial charge >= 0.3 is 12.8 Å². The first-order valence-corrected chi connectivity index (χ1v) is 10.7. The number of hydrogen-bond acceptors (Lipinski definition) is 9. The first-order chi connectivity index (χ1) is 17.4. The van der Waals surface area contributed by atoms with Gasteiger partial charge in [0.25, 0.3) is 6.02 Å². The molecule has 0 spiro atoms. The van der Waals surface area contributed by atoms with Crippen molar-refractivity contribution in [1.29, 1.82) is 0 Å². The molecule has 198 valence electrons. The highest BCUT2D eigenvalue weighted by molar-refractivity contribution is 5.73. The van der Waals surface area contributed by atoms with Crippen LogP contribution >= 0.6 is 0 Å². The van der Waals surface area contributed by atoms with Crippen molar-refractivity contribution < 1.29 is 45.1 Å². The van der Waals surface area contributed by atoms with Crippen molar-refractivity contribution in [2.75, 3.05) is 13.2 Å². The summed E-state index contributed by atoms with van der Waals surface area (Å²) in [5, 5.41) is 3.87. The molecule has 1 aliphatic heterocycles. The fourth-order valence-corrected chi connectivity index (χ4v) is 3.64. The second-order valence-corrected chi connectivity index (χ2v) is 8.06. The monoisotopic (exact) mass is 531 g/mol. The van der Waals surface area contributed by atoms with E-state index in [0.717, 1.165) is 6.07 Å². The Morgan fingerprint density at radius 3 is 2.57 bits per heavy atom.